The standard InChI is InChI=1S/C12H12IN/c1-8-4-3-5-10-6-7-11(9(2)13)14-12(8)10/h3-7,9H,1-2H3. The summed E-state index contributed by atoms with van der Waals surface area (Å²) in [4.78, 5) is 4.67. The van der Waals surface area contributed by atoms with Gasteiger partial charge in [-0.25, -0.2) is 0 Å². The average Bonchev–Trinajstić information content (AvgIpc) is 2.18. The quantitative estimate of drug-likeness (QED) is 0.572. The molecule has 14 heavy (non-hydrogen) atoms. The molecule has 1 nitrogen and oxygen atoms in total. The fraction of sp³-hybridized carbons (Fsp3) is 0.250. The molecule has 0 aliphatic rings. The normalized spacial score (nSPS) is 13.1. The number of aryl methyl sites for hydroxylation is 1. The average molecular weight is 297 g/mol. The first-order chi connectivity index (χ1) is 6.68. The van der Waals surface area contributed by atoms with E-state index in [1.807, 2.05) is 0 Å². The zero-order chi connectivity index (χ0) is 10.1. The van der Waals surface area contributed by atoms with Crippen LogP contribution in [-0.4, -0.2) is 4.98 Å². The minimum Gasteiger partial charge on any atom is -0.251 e. The van der Waals surface area contributed by atoms with Gasteiger partial charge >= 0.3 is 0 Å². The monoisotopic (exact) mass is 297 g/mol. The Morgan fingerprint density at radius 2 is 2.00 bits per heavy atom. The Hall–Kier alpha value is -0.640. The third kappa shape index (κ3) is 1.75. The molecule has 1 atom stereocenters. The molecule has 1 aromatic heterocycles. The summed E-state index contributed by atoms with van der Waals surface area (Å²) in [6.45, 7) is 4.27. The van der Waals surface area contributed by atoms with E-state index in [1.54, 1.807) is 0 Å². The van der Waals surface area contributed by atoms with Crippen LogP contribution >= 0.6 is 22.6 Å². The van der Waals surface area contributed by atoms with Crippen LogP contribution in [0, 0.1) is 6.92 Å². The van der Waals surface area contributed by atoms with Crippen LogP contribution in [0.3, 0.4) is 0 Å². The highest BCUT2D eigenvalue weighted by Gasteiger charge is 2.04. The van der Waals surface area contributed by atoms with Crippen molar-refractivity contribution in [2.45, 2.75) is 17.8 Å². The molecule has 0 fully saturated rings. The highest BCUT2D eigenvalue weighted by molar-refractivity contribution is 14.1. The number of alkyl halides is 1. The summed E-state index contributed by atoms with van der Waals surface area (Å²) in [6.07, 6.45) is 0. The number of hydrogen-bond donors (Lipinski definition) is 0. The second-order valence-corrected chi connectivity index (χ2v) is 5.37. The van der Waals surface area contributed by atoms with Crippen molar-refractivity contribution in [3.8, 4) is 0 Å². The molecule has 1 unspecified atom stereocenters. The minimum absolute atomic E-state index is 0.469. The molecule has 0 amide bonds. The van der Waals surface area contributed by atoms with Gasteiger partial charge in [0, 0.05) is 5.39 Å². The lowest BCUT2D eigenvalue weighted by Gasteiger charge is -2.06. The van der Waals surface area contributed by atoms with E-state index >= 15 is 0 Å². The van der Waals surface area contributed by atoms with E-state index in [0.29, 0.717) is 3.92 Å². The Morgan fingerprint density at radius 3 is 2.71 bits per heavy atom. The molecule has 0 saturated heterocycles. The Morgan fingerprint density at radius 1 is 1.21 bits per heavy atom. The second-order valence-electron chi connectivity index (χ2n) is 3.50. The molecule has 0 aliphatic carbocycles. The molecule has 1 heterocycles. The summed E-state index contributed by atoms with van der Waals surface area (Å²) < 4.78 is 0.469. The van der Waals surface area contributed by atoms with Crippen LogP contribution in [0.4, 0.5) is 0 Å². The van der Waals surface area contributed by atoms with Gasteiger partial charge < -0.3 is 0 Å². The van der Waals surface area contributed by atoms with Crippen LogP contribution in [0.5, 0.6) is 0 Å². The van der Waals surface area contributed by atoms with Crippen molar-refractivity contribution in [1.29, 1.82) is 0 Å². The number of nitrogens with zero attached hydrogens (tertiary/aromatic N) is 1. The summed E-state index contributed by atoms with van der Waals surface area (Å²) in [7, 11) is 0. The molecule has 2 aromatic rings. The molecule has 2 heteroatoms. The Bertz CT molecular complexity index is 463. The van der Waals surface area contributed by atoms with Crippen LogP contribution < -0.4 is 0 Å². The predicted molar refractivity (Wildman–Crippen MR) is 68.9 cm³/mol. The van der Waals surface area contributed by atoms with E-state index in [-0.39, 0.29) is 0 Å². The van der Waals surface area contributed by atoms with Gasteiger partial charge in [-0.1, -0.05) is 46.9 Å². The first-order valence-electron chi connectivity index (χ1n) is 4.69. The predicted octanol–water partition coefficient (Wildman–Crippen LogP) is 4.04. The fourth-order valence-corrected chi connectivity index (χ4v) is 1.88. The minimum atomic E-state index is 0.469. The molecular formula is C12H12IN. The number of aromatic nitrogens is 1. The molecule has 0 bridgehead atoms. The lowest BCUT2D eigenvalue weighted by molar-refractivity contribution is 1.06. The maximum atomic E-state index is 4.67. The summed E-state index contributed by atoms with van der Waals surface area (Å²) >= 11 is 2.39. The van der Waals surface area contributed by atoms with E-state index in [0.717, 1.165) is 11.2 Å². The largest absolute Gasteiger partial charge is 0.251 e. The number of para-hydroxylation sites is 1. The molecular weight excluding hydrogens is 285 g/mol. The fourth-order valence-electron chi connectivity index (χ4n) is 1.53. The molecule has 0 saturated carbocycles. The van der Waals surface area contributed by atoms with Gasteiger partial charge in [-0.3, -0.25) is 4.98 Å². The smallest absolute Gasteiger partial charge is 0.0734 e. The number of pyridine rings is 1. The van der Waals surface area contributed by atoms with Gasteiger partial charge in [0.2, 0.25) is 0 Å². The van der Waals surface area contributed by atoms with Crippen LogP contribution in [-0.2, 0) is 0 Å². The zero-order valence-corrected chi connectivity index (χ0v) is 10.4. The lowest BCUT2D eigenvalue weighted by Crippen LogP contribution is -1.91. The van der Waals surface area contributed by atoms with Crippen molar-refractivity contribution in [1.82, 2.24) is 4.98 Å². The molecule has 0 aliphatic heterocycles. The van der Waals surface area contributed by atoms with Crippen molar-refractivity contribution < 1.29 is 0 Å². The molecule has 0 N–H and O–H groups in total. The SMILES string of the molecule is Cc1cccc2ccc(C(C)I)nc12. The maximum Gasteiger partial charge on any atom is 0.0734 e. The summed E-state index contributed by atoms with van der Waals surface area (Å²) in [6, 6.07) is 10.6. The number of fused-ring (bicyclic) bond motifs is 1. The maximum absolute atomic E-state index is 4.67. The van der Waals surface area contributed by atoms with Crippen molar-refractivity contribution in [2.75, 3.05) is 0 Å². The zero-order valence-electron chi connectivity index (χ0n) is 8.29. The van der Waals surface area contributed by atoms with Gasteiger partial charge in [0.15, 0.2) is 0 Å². The number of rotatable bonds is 1. The molecule has 0 spiro atoms. The van der Waals surface area contributed by atoms with Gasteiger partial charge in [-0.2, -0.15) is 0 Å². The van der Waals surface area contributed by atoms with Crippen LogP contribution in [0.25, 0.3) is 10.9 Å². The Balaban J connectivity index is 2.70. The first-order valence-corrected chi connectivity index (χ1v) is 5.93. The van der Waals surface area contributed by atoms with Crippen LogP contribution in [0.15, 0.2) is 30.3 Å². The van der Waals surface area contributed by atoms with E-state index in [9.17, 15) is 0 Å². The van der Waals surface area contributed by atoms with E-state index < -0.39 is 0 Å². The van der Waals surface area contributed by atoms with Crippen molar-refractivity contribution >= 4 is 33.5 Å². The highest BCUT2D eigenvalue weighted by Crippen LogP contribution is 2.24. The molecule has 1 aromatic carbocycles. The Kier molecular flexibility index (Phi) is 2.72. The third-order valence-electron chi connectivity index (χ3n) is 2.35. The lowest BCUT2D eigenvalue weighted by atomic mass is 10.1. The number of benzene rings is 1. The van der Waals surface area contributed by atoms with Crippen LogP contribution in [0.2, 0.25) is 0 Å². The summed E-state index contributed by atoms with van der Waals surface area (Å²) in [5, 5.41) is 1.23. The van der Waals surface area contributed by atoms with Crippen LogP contribution in [0.1, 0.15) is 22.1 Å². The van der Waals surface area contributed by atoms with Crippen molar-refractivity contribution in [2.24, 2.45) is 0 Å². The molecule has 2 rings (SSSR count). The van der Waals surface area contributed by atoms with Gasteiger partial charge in [0.1, 0.15) is 0 Å². The second kappa shape index (κ2) is 3.85. The molecule has 72 valence electrons. The Labute approximate surface area is 97.7 Å². The van der Waals surface area contributed by atoms with Gasteiger partial charge in [0.05, 0.1) is 15.1 Å². The van der Waals surface area contributed by atoms with Gasteiger partial charge in [-0.05, 0) is 25.5 Å². The van der Waals surface area contributed by atoms with E-state index in [1.165, 1.54) is 10.9 Å². The van der Waals surface area contributed by atoms with Crippen molar-refractivity contribution in [3.05, 3.63) is 41.6 Å². The van der Waals surface area contributed by atoms with Gasteiger partial charge in [-0.15, -0.1) is 0 Å². The summed E-state index contributed by atoms with van der Waals surface area (Å²) in [5.74, 6) is 0. The number of halogens is 1. The van der Waals surface area contributed by atoms with Gasteiger partial charge in [0.25, 0.3) is 0 Å². The number of hydrogen-bond acceptors (Lipinski definition) is 1. The first kappa shape index (κ1) is 9.90. The van der Waals surface area contributed by atoms with E-state index in [4.69, 9.17) is 0 Å². The van der Waals surface area contributed by atoms with E-state index in [2.05, 4.69) is 71.8 Å². The highest BCUT2D eigenvalue weighted by atomic mass is 127. The summed E-state index contributed by atoms with van der Waals surface area (Å²) in [5.41, 5.74) is 3.54. The van der Waals surface area contributed by atoms with Crippen molar-refractivity contribution in [3.63, 3.8) is 0 Å². The third-order valence-corrected chi connectivity index (χ3v) is 2.99. The molecule has 0 radical (unpaired) electrons. The topological polar surface area (TPSA) is 12.9 Å².